The maximum atomic E-state index is 9.49. The lowest BCUT2D eigenvalue weighted by molar-refractivity contribution is 0.262. The molecule has 2 atom stereocenters. The summed E-state index contributed by atoms with van der Waals surface area (Å²) >= 11 is 0. The fourth-order valence-electron chi connectivity index (χ4n) is 3.24. The molecule has 0 saturated heterocycles. The van der Waals surface area contributed by atoms with Crippen molar-refractivity contribution in [1.82, 2.24) is 0 Å². The summed E-state index contributed by atoms with van der Waals surface area (Å²) in [5, 5.41) is 9.49. The van der Waals surface area contributed by atoms with E-state index in [0.717, 1.165) is 12.8 Å². The van der Waals surface area contributed by atoms with Crippen LogP contribution in [0.25, 0.3) is 0 Å². The number of aliphatic hydroxyl groups excluding tert-OH is 1. The Kier molecular flexibility index (Phi) is 4.06. The minimum atomic E-state index is 0.253. The van der Waals surface area contributed by atoms with Crippen molar-refractivity contribution in [2.45, 2.75) is 64.7 Å². The van der Waals surface area contributed by atoms with Crippen LogP contribution >= 0.6 is 0 Å². The Balaban J connectivity index is 2.45. The van der Waals surface area contributed by atoms with Crippen LogP contribution < -0.4 is 0 Å². The monoisotopic (exact) mass is 260 g/mol. The summed E-state index contributed by atoms with van der Waals surface area (Å²) in [4.78, 5) is 0. The fourth-order valence-corrected chi connectivity index (χ4v) is 3.24. The van der Waals surface area contributed by atoms with Crippen molar-refractivity contribution in [1.29, 1.82) is 0 Å². The van der Waals surface area contributed by atoms with Gasteiger partial charge in [-0.1, -0.05) is 52.8 Å². The van der Waals surface area contributed by atoms with E-state index in [1.165, 1.54) is 16.7 Å². The molecule has 106 valence electrons. The molecule has 1 aromatic carbocycles. The van der Waals surface area contributed by atoms with Gasteiger partial charge in [0, 0.05) is 12.0 Å². The van der Waals surface area contributed by atoms with Crippen molar-refractivity contribution < 1.29 is 5.11 Å². The Morgan fingerprint density at radius 3 is 1.95 bits per heavy atom. The Morgan fingerprint density at radius 2 is 1.63 bits per heavy atom. The van der Waals surface area contributed by atoms with Crippen LogP contribution in [0.3, 0.4) is 0 Å². The Morgan fingerprint density at radius 1 is 1.11 bits per heavy atom. The van der Waals surface area contributed by atoms with Gasteiger partial charge in [0.2, 0.25) is 0 Å². The van der Waals surface area contributed by atoms with Crippen LogP contribution in [0.1, 0.15) is 76.0 Å². The molecule has 0 amide bonds. The molecule has 1 aliphatic rings. The Bertz CT molecular complexity index is 421. The molecule has 0 heterocycles. The van der Waals surface area contributed by atoms with Gasteiger partial charge in [0.1, 0.15) is 0 Å². The summed E-state index contributed by atoms with van der Waals surface area (Å²) in [6.45, 7) is 11.6. The first-order valence-corrected chi connectivity index (χ1v) is 7.70. The van der Waals surface area contributed by atoms with Gasteiger partial charge in [-0.05, 0) is 47.3 Å². The topological polar surface area (TPSA) is 20.2 Å². The third-order valence-electron chi connectivity index (χ3n) is 4.97. The SMILES string of the molecule is CC[C@]1(c2cc(C(C)C)cc(C(C)C)c2)C[C@H]1CO. The molecule has 1 N–H and O–H groups in total. The van der Waals surface area contributed by atoms with Crippen LogP contribution in [-0.4, -0.2) is 11.7 Å². The molecule has 0 aliphatic heterocycles. The summed E-state index contributed by atoms with van der Waals surface area (Å²) in [7, 11) is 0. The molecule has 1 aliphatic carbocycles. The van der Waals surface area contributed by atoms with Crippen LogP contribution in [0.5, 0.6) is 0 Å². The van der Waals surface area contributed by atoms with Crippen molar-refractivity contribution in [3.63, 3.8) is 0 Å². The summed E-state index contributed by atoms with van der Waals surface area (Å²) in [6, 6.07) is 7.13. The van der Waals surface area contributed by atoms with Crippen molar-refractivity contribution in [2.75, 3.05) is 6.61 Å². The molecule has 0 spiro atoms. The summed E-state index contributed by atoms with van der Waals surface area (Å²) in [5.41, 5.74) is 4.60. The van der Waals surface area contributed by atoms with Gasteiger partial charge in [-0.15, -0.1) is 0 Å². The smallest absolute Gasteiger partial charge is 0.0468 e. The quantitative estimate of drug-likeness (QED) is 0.820. The average Bonchev–Trinajstić information content (AvgIpc) is 3.13. The maximum Gasteiger partial charge on any atom is 0.0468 e. The molecular formula is C18H28O. The predicted octanol–water partition coefficient (Wildman–Crippen LogP) is 4.59. The standard InChI is InChI=1S/C18H28O/c1-6-18(10-17(18)11-19)16-8-14(12(2)3)7-15(9-16)13(4)5/h7-9,12-13,17,19H,6,10-11H2,1-5H3/t17-,18+/m0/s1. The lowest BCUT2D eigenvalue weighted by Gasteiger charge is -2.21. The molecule has 0 aromatic heterocycles. The lowest BCUT2D eigenvalue weighted by Crippen LogP contribution is -2.12. The molecule has 19 heavy (non-hydrogen) atoms. The predicted molar refractivity (Wildman–Crippen MR) is 81.8 cm³/mol. The Hall–Kier alpha value is -0.820. The molecule has 1 heteroatoms. The summed E-state index contributed by atoms with van der Waals surface area (Å²) in [5.74, 6) is 1.61. The van der Waals surface area contributed by atoms with Crippen LogP contribution in [-0.2, 0) is 5.41 Å². The number of rotatable bonds is 5. The molecule has 1 saturated carbocycles. The molecule has 2 rings (SSSR count). The van der Waals surface area contributed by atoms with Crippen LogP contribution in [0.15, 0.2) is 18.2 Å². The highest BCUT2D eigenvalue weighted by Gasteiger charge is 2.53. The van der Waals surface area contributed by atoms with E-state index in [-0.39, 0.29) is 5.41 Å². The third-order valence-corrected chi connectivity index (χ3v) is 4.97. The number of aliphatic hydroxyl groups is 1. The van der Waals surface area contributed by atoms with E-state index in [4.69, 9.17) is 0 Å². The number of benzene rings is 1. The van der Waals surface area contributed by atoms with Crippen LogP contribution in [0.2, 0.25) is 0 Å². The van der Waals surface area contributed by atoms with E-state index in [1.807, 2.05) is 0 Å². The zero-order chi connectivity index (χ0) is 14.2. The molecule has 1 aromatic rings. The number of hydrogen-bond acceptors (Lipinski definition) is 1. The lowest BCUT2D eigenvalue weighted by atomic mass is 9.84. The van der Waals surface area contributed by atoms with Gasteiger partial charge in [-0.3, -0.25) is 0 Å². The second kappa shape index (κ2) is 5.28. The van der Waals surface area contributed by atoms with E-state index >= 15 is 0 Å². The molecule has 1 fully saturated rings. The van der Waals surface area contributed by atoms with Crippen LogP contribution in [0, 0.1) is 5.92 Å². The summed E-state index contributed by atoms with van der Waals surface area (Å²) < 4.78 is 0. The minimum Gasteiger partial charge on any atom is -0.396 e. The Labute approximate surface area is 118 Å². The highest BCUT2D eigenvalue weighted by molar-refractivity contribution is 5.41. The zero-order valence-corrected chi connectivity index (χ0v) is 13.0. The normalized spacial score (nSPS) is 26.2. The van der Waals surface area contributed by atoms with Gasteiger partial charge in [0.25, 0.3) is 0 Å². The molecular weight excluding hydrogens is 232 g/mol. The number of hydrogen-bond donors (Lipinski definition) is 1. The first-order chi connectivity index (χ1) is 8.94. The van der Waals surface area contributed by atoms with E-state index in [2.05, 4.69) is 52.8 Å². The molecule has 1 nitrogen and oxygen atoms in total. The molecule has 0 radical (unpaired) electrons. The molecule has 0 bridgehead atoms. The third kappa shape index (κ3) is 2.58. The average molecular weight is 260 g/mol. The van der Waals surface area contributed by atoms with Gasteiger partial charge in [-0.2, -0.15) is 0 Å². The van der Waals surface area contributed by atoms with E-state index in [9.17, 15) is 5.11 Å². The first kappa shape index (κ1) is 14.6. The highest BCUT2D eigenvalue weighted by Crippen LogP contribution is 2.57. The van der Waals surface area contributed by atoms with E-state index in [1.54, 1.807) is 0 Å². The van der Waals surface area contributed by atoms with E-state index in [0.29, 0.717) is 24.4 Å². The van der Waals surface area contributed by atoms with Crippen molar-refractivity contribution in [2.24, 2.45) is 5.92 Å². The first-order valence-electron chi connectivity index (χ1n) is 7.70. The van der Waals surface area contributed by atoms with Crippen molar-refractivity contribution in [3.8, 4) is 0 Å². The highest BCUT2D eigenvalue weighted by atomic mass is 16.3. The van der Waals surface area contributed by atoms with Gasteiger partial charge < -0.3 is 5.11 Å². The van der Waals surface area contributed by atoms with Crippen molar-refractivity contribution in [3.05, 3.63) is 34.9 Å². The zero-order valence-electron chi connectivity index (χ0n) is 13.0. The van der Waals surface area contributed by atoms with E-state index < -0.39 is 0 Å². The minimum absolute atomic E-state index is 0.253. The summed E-state index contributed by atoms with van der Waals surface area (Å²) in [6.07, 6.45) is 2.29. The van der Waals surface area contributed by atoms with Gasteiger partial charge in [0.05, 0.1) is 0 Å². The maximum absolute atomic E-state index is 9.49. The second-order valence-corrected chi connectivity index (χ2v) is 6.79. The fraction of sp³-hybridized carbons (Fsp3) is 0.667. The van der Waals surface area contributed by atoms with Crippen LogP contribution in [0.4, 0.5) is 0 Å². The molecule has 0 unspecified atom stereocenters. The van der Waals surface area contributed by atoms with Gasteiger partial charge in [0.15, 0.2) is 0 Å². The van der Waals surface area contributed by atoms with Crippen molar-refractivity contribution >= 4 is 0 Å². The van der Waals surface area contributed by atoms with Gasteiger partial charge in [-0.25, -0.2) is 0 Å². The van der Waals surface area contributed by atoms with Gasteiger partial charge >= 0.3 is 0 Å². The largest absolute Gasteiger partial charge is 0.396 e. The second-order valence-electron chi connectivity index (χ2n) is 6.79.